The number of methoxy groups -OCH3 is 2. The molecule has 0 spiro atoms. The van der Waals surface area contributed by atoms with Gasteiger partial charge < -0.3 is 14.4 Å². The molecule has 0 saturated carbocycles. The van der Waals surface area contributed by atoms with Crippen LogP contribution in [0.25, 0.3) is 21.9 Å². The summed E-state index contributed by atoms with van der Waals surface area (Å²) in [6.07, 6.45) is 0. The van der Waals surface area contributed by atoms with E-state index in [1.807, 2.05) is 67.3 Å². The lowest BCUT2D eigenvalue weighted by molar-refractivity contribution is 0.0770. The van der Waals surface area contributed by atoms with Crippen LogP contribution < -0.4 is 9.47 Å². The van der Waals surface area contributed by atoms with E-state index in [4.69, 9.17) is 9.47 Å². The van der Waals surface area contributed by atoms with Crippen molar-refractivity contribution in [3.8, 4) is 22.6 Å². The number of carbonyl (C=O) groups is 1. The van der Waals surface area contributed by atoms with Crippen molar-refractivity contribution in [2.24, 2.45) is 0 Å². The van der Waals surface area contributed by atoms with Crippen LogP contribution in [0, 0.1) is 0 Å². The minimum absolute atomic E-state index is 0.0163. The van der Waals surface area contributed by atoms with Gasteiger partial charge in [-0.2, -0.15) is 0 Å². The first-order valence-corrected chi connectivity index (χ1v) is 9.18. The minimum atomic E-state index is -0.0163. The first kappa shape index (κ1) is 18.8. The van der Waals surface area contributed by atoms with E-state index in [2.05, 4.69) is 6.07 Å². The summed E-state index contributed by atoms with van der Waals surface area (Å²) in [7, 11) is 3.27. The van der Waals surface area contributed by atoms with Crippen molar-refractivity contribution in [1.82, 2.24) is 4.90 Å². The summed E-state index contributed by atoms with van der Waals surface area (Å²) < 4.78 is 10.9. The molecule has 0 aliphatic heterocycles. The maximum atomic E-state index is 13.1. The van der Waals surface area contributed by atoms with Crippen LogP contribution in [0.4, 0.5) is 0 Å². The highest BCUT2D eigenvalue weighted by Crippen LogP contribution is 2.38. The highest BCUT2D eigenvalue weighted by Gasteiger charge is 2.22. The molecule has 3 aromatic carbocycles. The van der Waals surface area contributed by atoms with Crippen LogP contribution in [-0.4, -0.2) is 38.1 Å². The lowest BCUT2D eigenvalue weighted by Crippen LogP contribution is -2.30. The van der Waals surface area contributed by atoms with Crippen molar-refractivity contribution in [2.45, 2.75) is 13.8 Å². The molecule has 0 heterocycles. The van der Waals surface area contributed by atoms with Gasteiger partial charge in [0.25, 0.3) is 5.91 Å². The van der Waals surface area contributed by atoms with Crippen LogP contribution in [0.2, 0.25) is 0 Å². The van der Waals surface area contributed by atoms with Gasteiger partial charge in [0, 0.05) is 18.5 Å². The normalized spacial score (nSPS) is 10.7. The minimum Gasteiger partial charge on any atom is -0.497 e. The van der Waals surface area contributed by atoms with E-state index in [1.54, 1.807) is 14.2 Å². The van der Waals surface area contributed by atoms with Crippen LogP contribution in [0.3, 0.4) is 0 Å². The Balaban J connectivity index is 2.28. The van der Waals surface area contributed by atoms with Gasteiger partial charge in [-0.1, -0.05) is 36.4 Å². The Bertz CT molecular complexity index is 944. The number of fused-ring (bicyclic) bond motifs is 1. The van der Waals surface area contributed by atoms with E-state index in [-0.39, 0.29) is 5.91 Å². The topological polar surface area (TPSA) is 38.8 Å². The van der Waals surface area contributed by atoms with Gasteiger partial charge in [-0.15, -0.1) is 0 Å². The molecule has 0 fully saturated rings. The van der Waals surface area contributed by atoms with Gasteiger partial charge in [-0.25, -0.2) is 0 Å². The van der Waals surface area contributed by atoms with Gasteiger partial charge in [0.05, 0.1) is 19.8 Å². The van der Waals surface area contributed by atoms with Crippen LogP contribution in [0.1, 0.15) is 24.2 Å². The molecular formula is C23H25NO3. The first-order valence-electron chi connectivity index (χ1n) is 9.18. The molecule has 27 heavy (non-hydrogen) atoms. The van der Waals surface area contributed by atoms with Crippen molar-refractivity contribution in [3.63, 3.8) is 0 Å². The number of carbonyl (C=O) groups excluding carboxylic acids is 1. The van der Waals surface area contributed by atoms with Gasteiger partial charge in [0.1, 0.15) is 11.5 Å². The van der Waals surface area contributed by atoms with E-state index in [0.29, 0.717) is 24.4 Å². The molecule has 0 saturated heterocycles. The summed E-state index contributed by atoms with van der Waals surface area (Å²) in [5.74, 6) is 1.41. The second kappa shape index (κ2) is 8.12. The predicted molar refractivity (Wildman–Crippen MR) is 110 cm³/mol. The number of ether oxygens (including phenoxy) is 2. The summed E-state index contributed by atoms with van der Waals surface area (Å²) in [6, 6.07) is 17.9. The first-order chi connectivity index (χ1) is 13.1. The lowest BCUT2D eigenvalue weighted by atomic mass is 9.94. The SMILES string of the molecule is CCN(CC)C(=O)c1cc(-c2ccc(OC)cc2)c2ccccc2c1OC. The van der Waals surface area contributed by atoms with Crippen LogP contribution in [0.15, 0.2) is 54.6 Å². The number of amides is 1. The fourth-order valence-corrected chi connectivity index (χ4v) is 3.42. The van der Waals surface area contributed by atoms with E-state index >= 15 is 0 Å². The third kappa shape index (κ3) is 3.47. The van der Waals surface area contributed by atoms with Crippen LogP contribution >= 0.6 is 0 Å². The highest BCUT2D eigenvalue weighted by molar-refractivity contribution is 6.09. The number of benzene rings is 3. The summed E-state index contributed by atoms with van der Waals surface area (Å²) >= 11 is 0. The van der Waals surface area contributed by atoms with Gasteiger partial charge in [0.15, 0.2) is 0 Å². The van der Waals surface area contributed by atoms with E-state index < -0.39 is 0 Å². The highest BCUT2D eigenvalue weighted by atomic mass is 16.5. The fourth-order valence-electron chi connectivity index (χ4n) is 3.42. The molecule has 4 nitrogen and oxygen atoms in total. The van der Waals surface area contributed by atoms with Crippen molar-refractivity contribution >= 4 is 16.7 Å². The molecular weight excluding hydrogens is 338 g/mol. The van der Waals surface area contributed by atoms with Crippen molar-refractivity contribution in [2.75, 3.05) is 27.3 Å². The third-order valence-corrected chi connectivity index (χ3v) is 4.88. The molecule has 3 aromatic rings. The Labute approximate surface area is 160 Å². The zero-order valence-electron chi connectivity index (χ0n) is 16.3. The number of hydrogen-bond acceptors (Lipinski definition) is 3. The van der Waals surface area contributed by atoms with E-state index in [0.717, 1.165) is 27.6 Å². The molecule has 3 rings (SSSR count). The summed E-state index contributed by atoms with van der Waals surface area (Å²) in [6.45, 7) is 5.28. The maximum absolute atomic E-state index is 13.1. The molecule has 4 heteroatoms. The van der Waals surface area contributed by atoms with E-state index in [9.17, 15) is 4.79 Å². The zero-order valence-corrected chi connectivity index (χ0v) is 16.3. The smallest absolute Gasteiger partial charge is 0.257 e. The maximum Gasteiger partial charge on any atom is 0.257 e. The van der Waals surface area contributed by atoms with Crippen molar-refractivity contribution in [1.29, 1.82) is 0 Å². The van der Waals surface area contributed by atoms with Gasteiger partial charge in [0.2, 0.25) is 0 Å². The summed E-state index contributed by atoms with van der Waals surface area (Å²) in [5.41, 5.74) is 2.62. The number of hydrogen-bond donors (Lipinski definition) is 0. The molecule has 0 aliphatic carbocycles. The molecule has 1 amide bonds. The molecule has 140 valence electrons. The Morgan fingerprint density at radius 3 is 2.07 bits per heavy atom. The molecule has 0 aromatic heterocycles. The standard InChI is InChI=1S/C23H25NO3/c1-5-24(6-2)23(25)21-15-20(16-11-13-17(26-3)14-12-16)18-9-7-8-10-19(18)22(21)27-4/h7-15H,5-6H2,1-4H3. The molecule has 0 aliphatic rings. The Hall–Kier alpha value is -3.01. The number of nitrogens with zero attached hydrogens (tertiary/aromatic N) is 1. The monoisotopic (exact) mass is 363 g/mol. The predicted octanol–water partition coefficient (Wildman–Crippen LogP) is 5.01. The van der Waals surface area contributed by atoms with Crippen LogP contribution in [0.5, 0.6) is 11.5 Å². The molecule has 0 bridgehead atoms. The quantitative estimate of drug-likeness (QED) is 0.618. The third-order valence-electron chi connectivity index (χ3n) is 4.88. The largest absolute Gasteiger partial charge is 0.497 e. The Morgan fingerprint density at radius 2 is 1.52 bits per heavy atom. The molecule has 0 N–H and O–H groups in total. The summed E-state index contributed by atoms with van der Waals surface area (Å²) in [4.78, 5) is 15.0. The fraction of sp³-hybridized carbons (Fsp3) is 0.261. The Kier molecular flexibility index (Phi) is 5.65. The van der Waals surface area contributed by atoms with Crippen molar-refractivity contribution < 1.29 is 14.3 Å². The van der Waals surface area contributed by atoms with Gasteiger partial charge in [-0.3, -0.25) is 4.79 Å². The zero-order chi connectivity index (χ0) is 19.4. The van der Waals surface area contributed by atoms with Crippen molar-refractivity contribution in [3.05, 3.63) is 60.2 Å². The number of rotatable bonds is 6. The van der Waals surface area contributed by atoms with E-state index in [1.165, 1.54) is 0 Å². The average Bonchev–Trinajstić information content (AvgIpc) is 2.73. The Morgan fingerprint density at radius 1 is 0.889 bits per heavy atom. The van der Waals surface area contributed by atoms with Crippen LogP contribution in [-0.2, 0) is 0 Å². The molecule has 0 radical (unpaired) electrons. The molecule has 0 unspecified atom stereocenters. The summed E-state index contributed by atoms with van der Waals surface area (Å²) in [5, 5.41) is 1.99. The van der Waals surface area contributed by atoms with Gasteiger partial charge >= 0.3 is 0 Å². The second-order valence-electron chi connectivity index (χ2n) is 6.26. The second-order valence-corrected chi connectivity index (χ2v) is 6.26. The van der Waals surface area contributed by atoms with Gasteiger partial charge in [-0.05, 0) is 48.6 Å². The lowest BCUT2D eigenvalue weighted by Gasteiger charge is -2.22. The average molecular weight is 363 g/mol. The molecule has 0 atom stereocenters.